The van der Waals surface area contributed by atoms with Crippen LogP contribution in [0.5, 0.6) is 0 Å². The lowest BCUT2D eigenvalue weighted by atomic mass is 9.99. The van der Waals surface area contributed by atoms with Gasteiger partial charge < -0.3 is 10.2 Å². The summed E-state index contributed by atoms with van der Waals surface area (Å²) < 4.78 is 0. The largest absolute Gasteiger partial charge is 0.314 e. The normalized spacial score (nSPS) is 20.2. The topological polar surface area (TPSA) is 35.6 Å². The van der Waals surface area contributed by atoms with Gasteiger partial charge in [-0.3, -0.25) is 9.69 Å². The molecular formula is C16H23N3OS. The van der Waals surface area contributed by atoms with Crippen LogP contribution in [0.25, 0.3) is 0 Å². The number of nitrogens with zero attached hydrogens (tertiary/aromatic N) is 2. The van der Waals surface area contributed by atoms with Gasteiger partial charge in [-0.15, -0.1) is 11.8 Å². The van der Waals surface area contributed by atoms with Gasteiger partial charge in [0, 0.05) is 43.4 Å². The zero-order valence-electron chi connectivity index (χ0n) is 12.8. The number of thioether (sulfide) groups is 1. The number of para-hydroxylation sites is 1. The minimum absolute atomic E-state index is 0.220. The van der Waals surface area contributed by atoms with Gasteiger partial charge in [0.25, 0.3) is 0 Å². The first-order chi connectivity index (χ1) is 10.1. The number of hydrogen-bond acceptors (Lipinski definition) is 4. The van der Waals surface area contributed by atoms with Gasteiger partial charge in [-0.05, 0) is 26.0 Å². The highest BCUT2D eigenvalue weighted by atomic mass is 32.2. The molecule has 3 rings (SSSR count). The molecule has 2 heterocycles. The number of nitrogens with one attached hydrogen (secondary N) is 1. The number of fused-ring (bicyclic) bond motifs is 1. The molecule has 4 nitrogen and oxygen atoms in total. The summed E-state index contributed by atoms with van der Waals surface area (Å²) in [7, 11) is 0. The molecule has 0 aliphatic carbocycles. The summed E-state index contributed by atoms with van der Waals surface area (Å²) in [5.74, 6) is 1.19. The molecule has 2 aliphatic rings. The van der Waals surface area contributed by atoms with Gasteiger partial charge in [-0.2, -0.15) is 0 Å². The van der Waals surface area contributed by atoms with Gasteiger partial charge in [-0.1, -0.05) is 12.1 Å². The fourth-order valence-corrected chi connectivity index (χ4v) is 4.06. The van der Waals surface area contributed by atoms with Gasteiger partial charge >= 0.3 is 0 Å². The van der Waals surface area contributed by atoms with Crippen molar-refractivity contribution in [2.24, 2.45) is 0 Å². The van der Waals surface area contributed by atoms with E-state index in [1.807, 2.05) is 28.8 Å². The summed E-state index contributed by atoms with van der Waals surface area (Å²) in [6.45, 7) is 8.71. The van der Waals surface area contributed by atoms with Crippen molar-refractivity contribution < 1.29 is 4.79 Å². The fraction of sp³-hybridized carbons (Fsp3) is 0.562. The summed E-state index contributed by atoms with van der Waals surface area (Å²) in [6, 6.07) is 8.23. The molecule has 0 spiro atoms. The summed E-state index contributed by atoms with van der Waals surface area (Å²) in [4.78, 5) is 18.6. The van der Waals surface area contributed by atoms with Crippen LogP contribution in [0.4, 0.5) is 5.69 Å². The Morgan fingerprint density at radius 3 is 2.67 bits per heavy atom. The zero-order valence-corrected chi connectivity index (χ0v) is 13.6. The maximum Gasteiger partial charge on any atom is 0.246 e. The monoisotopic (exact) mass is 305 g/mol. The Bertz CT molecular complexity index is 526. The van der Waals surface area contributed by atoms with Crippen LogP contribution < -0.4 is 10.2 Å². The van der Waals surface area contributed by atoms with Crippen LogP contribution in [0.15, 0.2) is 29.2 Å². The molecule has 1 aromatic carbocycles. The van der Waals surface area contributed by atoms with E-state index in [0.29, 0.717) is 0 Å². The molecule has 0 saturated carbocycles. The third kappa shape index (κ3) is 2.82. The summed E-state index contributed by atoms with van der Waals surface area (Å²) >= 11 is 1.84. The van der Waals surface area contributed by atoms with E-state index in [9.17, 15) is 4.79 Å². The minimum atomic E-state index is -0.447. The smallest absolute Gasteiger partial charge is 0.246 e. The Balaban J connectivity index is 1.85. The fourth-order valence-electron chi connectivity index (χ4n) is 3.07. The van der Waals surface area contributed by atoms with E-state index in [2.05, 4.69) is 36.2 Å². The number of rotatable bonds is 2. The van der Waals surface area contributed by atoms with E-state index >= 15 is 0 Å². The summed E-state index contributed by atoms with van der Waals surface area (Å²) in [5, 5.41) is 3.35. The summed E-state index contributed by atoms with van der Waals surface area (Å²) in [5.41, 5.74) is 0.624. The van der Waals surface area contributed by atoms with Crippen molar-refractivity contribution in [3.8, 4) is 0 Å². The van der Waals surface area contributed by atoms with Crippen molar-refractivity contribution in [3.05, 3.63) is 24.3 Å². The number of amides is 1. The molecule has 1 saturated heterocycles. The predicted octanol–water partition coefficient (Wildman–Crippen LogP) is 1.81. The highest BCUT2D eigenvalue weighted by Crippen LogP contribution is 2.36. The number of hydrogen-bond donors (Lipinski definition) is 1. The Labute approximate surface area is 130 Å². The molecule has 0 bridgehead atoms. The van der Waals surface area contributed by atoms with E-state index in [4.69, 9.17) is 0 Å². The molecule has 114 valence electrons. The molecule has 1 N–H and O–H groups in total. The molecule has 0 unspecified atom stereocenters. The predicted molar refractivity (Wildman–Crippen MR) is 88.0 cm³/mol. The van der Waals surface area contributed by atoms with Gasteiger partial charge in [0.15, 0.2) is 0 Å². The average molecular weight is 305 g/mol. The van der Waals surface area contributed by atoms with E-state index in [1.54, 1.807) is 0 Å². The highest BCUT2D eigenvalue weighted by Gasteiger charge is 2.39. The third-order valence-corrected chi connectivity index (χ3v) is 5.45. The number of carbonyl (C=O) groups is 1. The van der Waals surface area contributed by atoms with Crippen molar-refractivity contribution in [2.45, 2.75) is 24.3 Å². The van der Waals surface area contributed by atoms with Gasteiger partial charge in [-0.25, -0.2) is 0 Å². The maximum absolute atomic E-state index is 13.1. The zero-order chi connectivity index (χ0) is 14.9. The first-order valence-corrected chi connectivity index (χ1v) is 8.59. The first kappa shape index (κ1) is 14.9. The molecule has 21 heavy (non-hydrogen) atoms. The Morgan fingerprint density at radius 2 is 1.90 bits per heavy atom. The Hall–Kier alpha value is -1.04. The van der Waals surface area contributed by atoms with Crippen molar-refractivity contribution in [1.82, 2.24) is 10.2 Å². The molecule has 0 aromatic heterocycles. The molecule has 1 aromatic rings. The van der Waals surface area contributed by atoms with E-state index in [-0.39, 0.29) is 5.91 Å². The van der Waals surface area contributed by atoms with Gasteiger partial charge in [0.1, 0.15) is 0 Å². The average Bonchev–Trinajstić information content (AvgIpc) is 2.54. The van der Waals surface area contributed by atoms with Crippen molar-refractivity contribution in [1.29, 1.82) is 0 Å². The molecular weight excluding hydrogens is 282 g/mol. The van der Waals surface area contributed by atoms with Crippen LogP contribution in [-0.2, 0) is 4.79 Å². The number of carbonyl (C=O) groups excluding carboxylic acids is 1. The van der Waals surface area contributed by atoms with Crippen molar-refractivity contribution >= 4 is 23.4 Å². The minimum Gasteiger partial charge on any atom is -0.314 e. The van der Waals surface area contributed by atoms with Gasteiger partial charge in [0.05, 0.1) is 11.2 Å². The van der Waals surface area contributed by atoms with E-state index < -0.39 is 5.54 Å². The molecule has 2 aliphatic heterocycles. The number of anilines is 1. The Kier molecular flexibility index (Phi) is 4.24. The summed E-state index contributed by atoms with van der Waals surface area (Å²) in [6.07, 6.45) is 0. The maximum atomic E-state index is 13.1. The van der Waals surface area contributed by atoms with Gasteiger partial charge in [0.2, 0.25) is 5.91 Å². The molecule has 0 radical (unpaired) electrons. The van der Waals surface area contributed by atoms with Crippen molar-refractivity contribution in [3.63, 3.8) is 0 Å². The lowest BCUT2D eigenvalue weighted by molar-refractivity contribution is -0.129. The highest BCUT2D eigenvalue weighted by molar-refractivity contribution is 7.99. The van der Waals surface area contributed by atoms with E-state index in [1.165, 1.54) is 4.90 Å². The second kappa shape index (κ2) is 5.99. The van der Waals surface area contributed by atoms with Crippen LogP contribution >= 0.6 is 11.8 Å². The lowest BCUT2D eigenvalue weighted by Gasteiger charge is -2.43. The molecule has 1 fully saturated rings. The molecule has 1 amide bonds. The lowest BCUT2D eigenvalue weighted by Crippen LogP contribution is -2.61. The van der Waals surface area contributed by atoms with Crippen molar-refractivity contribution in [2.75, 3.05) is 43.4 Å². The Morgan fingerprint density at radius 1 is 1.19 bits per heavy atom. The second-order valence-corrected chi connectivity index (χ2v) is 7.21. The van der Waals surface area contributed by atoms with Crippen LogP contribution in [0, 0.1) is 0 Å². The molecule has 0 atom stereocenters. The quantitative estimate of drug-likeness (QED) is 0.904. The number of piperazine rings is 1. The molecule has 5 heteroatoms. The van der Waals surface area contributed by atoms with Crippen LogP contribution in [0.3, 0.4) is 0 Å². The second-order valence-electron chi connectivity index (χ2n) is 6.07. The number of benzene rings is 1. The van der Waals surface area contributed by atoms with E-state index in [0.717, 1.165) is 44.2 Å². The standard InChI is InChI=1S/C16H23N3OS/c1-16(2,18-9-7-17-8-10-18)15(20)19-11-12-21-14-6-4-3-5-13(14)19/h3-6,17H,7-12H2,1-2H3. The third-order valence-electron chi connectivity index (χ3n) is 4.40. The van der Waals surface area contributed by atoms with Crippen LogP contribution in [0.2, 0.25) is 0 Å². The van der Waals surface area contributed by atoms with Crippen LogP contribution in [0.1, 0.15) is 13.8 Å². The SMILES string of the molecule is CC(C)(C(=O)N1CCSc2ccccc21)N1CCNCC1. The first-order valence-electron chi connectivity index (χ1n) is 7.60. The van der Waals surface area contributed by atoms with Crippen LogP contribution in [-0.4, -0.2) is 54.8 Å².